The first-order chi connectivity index (χ1) is 21.0. The lowest BCUT2D eigenvalue weighted by Crippen LogP contribution is -2.22. The average Bonchev–Trinajstić information content (AvgIpc) is 3.03. The molecule has 6 heteroatoms. The second kappa shape index (κ2) is 12.4. The minimum Gasteiger partial charge on any atom is -0.485 e. The van der Waals surface area contributed by atoms with Crippen LogP contribution in [0, 0.1) is 20.8 Å². The van der Waals surface area contributed by atoms with Crippen LogP contribution in [0.3, 0.4) is 0 Å². The lowest BCUT2D eigenvalue weighted by molar-refractivity contribution is -0.107. The van der Waals surface area contributed by atoms with E-state index < -0.39 is 0 Å². The molecule has 216 valence electrons. The van der Waals surface area contributed by atoms with Gasteiger partial charge in [0, 0.05) is 30.1 Å². The van der Waals surface area contributed by atoms with Crippen molar-refractivity contribution in [1.29, 1.82) is 0 Å². The summed E-state index contributed by atoms with van der Waals surface area (Å²) in [5, 5.41) is 3.51. The van der Waals surface area contributed by atoms with Crippen LogP contribution in [0.2, 0.25) is 0 Å². The molecule has 1 aromatic heterocycles. The SMILES string of the molecule is CSN1Cc2cc(Nc3ncccc3OCc3ccccc3)ccc2-c2c(C)c(-c3ccc(C)cc3)c(CC=O)c(C)c21. The molecule has 0 aliphatic carbocycles. The van der Waals surface area contributed by atoms with Crippen molar-refractivity contribution in [3.8, 4) is 28.0 Å². The van der Waals surface area contributed by atoms with E-state index in [2.05, 4.69) is 96.2 Å². The number of anilines is 3. The van der Waals surface area contributed by atoms with Crippen molar-refractivity contribution in [2.75, 3.05) is 15.9 Å². The Hall–Kier alpha value is -4.55. The summed E-state index contributed by atoms with van der Waals surface area (Å²) in [6.07, 6.45) is 5.31. The second-order valence-corrected chi connectivity index (χ2v) is 11.7. The molecule has 0 saturated carbocycles. The van der Waals surface area contributed by atoms with Gasteiger partial charge in [-0.3, -0.25) is 0 Å². The number of aldehydes is 1. The highest BCUT2D eigenvalue weighted by atomic mass is 32.2. The van der Waals surface area contributed by atoms with E-state index >= 15 is 0 Å². The topological polar surface area (TPSA) is 54.5 Å². The van der Waals surface area contributed by atoms with Crippen molar-refractivity contribution >= 4 is 35.4 Å². The van der Waals surface area contributed by atoms with Gasteiger partial charge in [0.25, 0.3) is 0 Å². The first-order valence-electron chi connectivity index (χ1n) is 14.5. The Morgan fingerprint density at radius 3 is 2.47 bits per heavy atom. The maximum atomic E-state index is 11.9. The van der Waals surface area contributed by atoms with Crippen molar-refractivity contribution in [2.24, 2.45) is 0 Å². The first-order valence-corrected chi connectivity index (χ1v) is 15.7. The smallest absolute Gasteiger partial charge is 0.173 e. The molecule has 0 amide bonds. The van der Waals surface area contributed by atoms with Crippen molar-refractivity contribution in [2.45, 2.75) is 40.3 Å². The number of carbonyl (C=O) groups is 1. The van der Waals surface area contributed by atoms with E-state index in [4.69, 9.17) is 4.74 Å². The van der Waals surface area contributed by atoms with E-state index in [9.17, 15) is 4.79 Å². The van der Waals surface area contributed by atoms with Crippen molar-refractivity contribution in [3.05, 3.63) is 125 Å². The predicted octanol–water partition coefficient (Wildman–Crippen LogP) is 9.00. The zero-order valence-electron chi connectivity index (χ0n) is 25.0. The zero-order valence-corrected chi connectivity index (χ0v) is 25.8. The standard InChI is InChI=1S/C37H35N3O2S/c1-24-12-14-28(15-13-24)34-26(3)35-32-17-16-30(21-29(32)22-40(43-4)36(35)25(2)31(34)18-20-41)39-37-33(11-8-19-38-37)42-23-27-9-6-5-7-10-27/h5-17,19-21H,18,22-23H2,1-4H3,(H,38,39). The fourth-order valence-electron chi connectivity index (χ4n) is 6.05. The minimum atomic E-state index is 0.389. The molecule has 0 fully saturated rings. The van der Waals surface area contributed by atoms with Gasteiger partial charge >= 0.3 is 0 Å². The van der Waals surface area contributed by atoms with Crippen LogP contribution in [0.5, 0.6) is 5.75 Å². The molecule has 6 rings (SSSR count). The van der Waals surface area contributed by atoms with Crippen molar-refractivity contribution < 1.29 is 9.53 Å². The molecule has 0 saturated heterocycles. The Labute approximate surface area is 258 Å². The number of ether oxygens (including phenoxy) is 1. The third-order valence-corrected chi connectivity index (χ3v) is 8.91. The maximum Gasteiger partial charge on any atom is 0.173 e. The monoisotopic (exact) mass is 585 g/mol. The van der Waals surface area contributed by atoms with Gasteiger partial charge < -0.3 is 19.2 Å². The summed E-state index contributed by atoms with van der Waals surface area (Å²) >= 11 is 1.71. The number of aromatic nitrogens is 1. The average molecular weight is 586 g/mol. The van der Waals surface area contributed by atoms with Gasteiger partial charge in [-0.25, -0.2) is 4.98 Å². The minimum absolute atomic E-state index is 0.389. The van der Waals surface area contributed by atoms with E-state index in [-0.39, 0.29) is 0 Å². The molecule has 0 bridgehead atoms. The number of nitrogens with one attached hydrogen (secondary N) is 1. The molecular formula is C37H35N3O2S. The molecule has 0 atom stereocenters. The summed E-state index contributed by atoms with van der Waals surface area (Å²) in [5.41, 5.74) is 13.9. The summed E-state index contributed by atoms with van der Waals surface area (Å²) < 4.78 is 8.50. The molecule has 1 aliphatic rings. The lowest BCUT2D eigenvalue weighted by atomic mass is 9.81. The fourth-order valence-corrected chi connectivity index (χ4v) is 6.73. The van der Waals surface area contributed by atoms with Crippen LogP contribution in [-0.2, 0) is 24.4 Å². The van der Waals surface area contributed by atoms with Crippen LogP contribution in [-0.4, -0.2) is 17.5 Å². The number of hydrogen-bond donors (Lipinski definition) is 1. The van der Waals surface area contributed by atoms with Gasteiger partial charge in [-0.15, -0.1) is 0 Å². The molecular weight excluding hydrogens is 550 g/mol. The van der Waals surface area contributed by atoms with Gasteiger partial charge in [0.05, 0.1) is 12.2 Å². The van der Waals surface area contributed by atoms with Gasteiger partial charge in [-0.2, -0.15) is 0 Å². The number of aryl methyl sites for hydroxylation is 1. The van der Waals surface area contributed by atoms with E-state index in [1.54, 1.807) is 18.1 Å². The fraction of sp³-hybridized carbons (Fsp3) is 0.189. The Balaban J connectivity index is 1.40. The molecule has 5 nitrogen and oxygen atoms in total. The van der Waals surface area contributed by atoms with Crippen LogP contribution in [0.25, 0.3) is 22.3 Å². The highest BCUT2D eigenvalue weighted by Crippen LogP contribution is 2.50. The van der Waals surface area contributed by atoms with Gasteiger partial charge in [0.1, 0.15) is 12.9 Å². The van der Waals surface area contributed by atoms with Crippen LogP contribution < -0.4 is 14.4 Å². The Bertz CT molecular complexity index is 1790. The van der Waals surface area contributed by atoms with Gasteiger partial charge in [-0.05, 0) is 89.5 Å². The second-order valence-electron chi connectivity index (χ2n) is 10.9. The normalized spacial score (nSPS) is 12.0. The summed E-state index contributed by atoms with van der Waals surface area (Å²) in [4.78, 5) is 16.5. The Kier molecular flexibility index (Phi) is 8.21. The van der Waals surface area contributed by atoms with Crippen molar-refractivity contribution in [3.63, 3.8) is 0 Å². The third-order valence-electron chi connectivity index (χ3n) is 8.15. The number of benzene rings is 4. The summed E-state index contributed by atoms with van der Waals surface area (Å²) in [7, 11) is 0. The molecule has 5 aromatic rings. The van der Waals surface area contributed by atoms with Crippen LogP contribution in [0.4, 0.5) is 17.2 Å². The number of carbonyl (C=O) groups excluding carboxylic acids is 1. The Morgan fingerprint density at radius 2 is 1.72 bits per heavy atom. The van der Waals surface area contributed by atoms with Gasteiger partial charge in [-0.1, -0.05) is 78.2 Å². The van der Waals surface area contributed by atoms with Crippen LogP contribution >= 0.6 is 11.9 Å². The lowest BCUT2D eigenvalue weighted by Gasteiger charge is -2.36. The number of nitrogens with zero attached hydrogens (tertiary/aromatic N) is 2. The van der Waals surface area contributed by atoms with E-state index in [1.807, 2.05) is 30.3 Å². The van der Waals surface area contributed by atoms with Crippen LogP contribution in [0.1, 0.15) is 33.4 Å². The number of rotatable bonds is 9. The maximum absolute atomic E-state index is 11.9. The number of pyridine rings is 1. The van der Waals surface area contributed by atoms with E-state index in [1.165, 1.54) is 39.1 Å². The first kappa shape index (κ1) is 28.6. The Morgan fingerprint density at radius 1 is 0.930 bits per heavy atom. The quantitative estimate of drug-likeness (QED) is 0.138. The molecule has 43 heavy (non-hydrogen) atoms. The van der Waals surface area contributed by atoms with E-state index in [0.717, 1.165) is 40.8 Å². The molecule has 0 radical (unpaired) electrons. The molecule has 0 spiro atoms. The van der Waals surface area contributed by atoms with Gasteiger partial charge in [0.15, 0.2) is 11.6 Å². The largest absolute Gasteiger partial charge is 0.485 e. The molecule has 1 aliphatic heterocycles. The zero-order chi connectivity index (χ0) is 29.9. The summed E-state index contributed by atoms with van der Waals surface area (Å²) in [6.45, 7) is 7.69. The van der Waals surface area contributed by atoms with E-state index in [0.29, 0.717) is 24.6 Å². The number of hydrogen-bond acceptors (Lipinski definition) is 6. The molecule has 1 N–H and O–H groups in total. The number of fused-ring (bicyclic) bond motifs is 3. The van der Waals surface area contributed by atoms with Crippen molar-refractivity contribution in [1.82, 2.24) is 4.98 Å². The highest BCUT2D eigenvalue weighted by Gasteiger charge is 2.30. The third kappa shape index (κ3) is 5.63. The highest BCUT2D eigenvalue weighted by molar-refractivity contribution is 7.99. The van der Waals surface area contributed by atoms with Gasteiger partial charge in [0.2, 0.25) is 0 Å². The van der Waals surface area contributed by atoms with Crippen LogP contribution in [0.15, 0.2) is 91.1 Å². The molecule has 4 aromatic carbocycles. The molecule has 2 heterocycles. The molecule has 0 unspecified atom stereocenters. The predicted molar refractivity (Wildman–Crippen MR) is 179 cm³/mol. The summed E-state index contributed by atoms with van der Waals surface area (Å²) in [6, 6.07) is 29.2. The summed E-state index contributed by atoms with van der Waals surface area (Å²) in [5.74, 6) is 1.39.